The van der Waals surface area contributed by atoms with Crippen molar-refractivity contribution in [3.8, 4) is 11.5 Å². The minimum atomic E-state index is -0.742. The van der Waals surface area contributed by atoms with E-state index >= 15 is 0 Å². The maximum Gasteiger partial charge on any atom is 0.345 e. The van der Waals surface area contributed by atoms with Crippen LogP contribution in [0.1, 0.15) is 31.8 Å². The number of nitrogens with zero attached hydrogens (tertiary/aromatic N) is 1. The normalized spacial score (nSPS) is 10.3. The van der Waals surface area contributed by atoms with Gasteiger partial charge in [-0.25, -0.2) is 4.79 Å². The fourth-order valence-corrected chi connectivity index (χ4v) is 2.84. The summed E-state index contributed by atoms with van der Waals surface area (Å²) < 4.78 is 10.6. The predicted molar refractivity (Wildman–Crippen MR) is 115 cm³/mol. The van der Waals surface area contributed by atoms with E-state index in [2.05, 4.69) is 5.32 Å². The summed E-state index contributed by atoms with van der Waals surface area (Å²) in [5.74, 6) is -0.335. The first-order valence-electron chi connectivity index (χ1n) is 9.32. The van der Waals surface area contributed by atoms with Gasteiger partial charge in [0.15, 0.2) is 0 Å². The Labute approximate surface area is 178 Å². The van der Waals surface area contributed by atoms with Gasteiger partial charge in [0, 0.05) is 17.7 Å². The standard InChI is InChI=1S/C23H20N2O6/c1-14-4-5-15(2)21(12-14)31-23(27)19-11-8-17(25(28)29)13-20(19)24-22(26)16-6-9-18(30-3)10-7-16/h4-13H,1-3H3,(H,24,26). The number of methoxy groups -OCH3 is 1. The molecule has 158 valence electrons. The number of nitrogens with one attached hydrogen (secondary N) is 1. The lowest BCUT2D eigenvalue weighted by Gasteiger charge is -2.12. The summed E-state index contributed by atoms with van der Waals surface area (Å²) in [6.07, 6.45) is 0. The molecule has 1 amide bonds. The molecule has 3 aromatic rings. The molecular formula is C23H20N2O6. The van der Waals surface area contributed by atoms with Gasteiger partial charge in [-0.05, 0) is 61.4 Å². The Bertz CT molecular complexity index is 1160. The molecule has 0 saturated carbocycles. The molecule has 8 heteroatoms. The van der Waals surface area contributed by atoms with Crippen molar-refractivity contribution in [1.29, 1.82) is 0 Å². The van der Waals surface area contributed by atoms with Crippen LogP contribution in [0.5, 0.6) is 11.5 Å². The van der Waals surface area contributed by atoms with E-state index in [1.54, 1.807) is 37.3 Å². The second kappa shape index (κ2) is 9.08. The van der Waals surface area contributed by atoms with Crippen LogP contribution in [0.3, 0.4) is 0 Å². The van der Waals surface area contributed by atoms with Gasteiger partial charge in [0.05, 0.1) is 23.3 Å². The molecule has 0 spiro atoms. The zero-order valence-electron chi connectivity index (χ0n) is 17.2. The number of carbonyl (C=O) groups excluding carboxylic acids is 2. The number of carbonyl (C=O) groups is 2. The maximum absolute atomic E-state index is 12.8. The van der Waals surface area contributed by atoms with Crippen LogP contribution in [0.25, 0.3) is 0 Å². The number of non-ortho nitro benzene ring substituents is 1. The lowest BCUT2D eigenvalue weighted by atomic mass is 10.1. The molecular weight excluding hydrogens is 400 g/mol. The van der Waals surface area contributed by atoms with Crippen molar-refractivity contribution in [2.45, 2.75) is 13.8 Å². The van der Waals surface area contributed by atoms with Crippen molar-refractivity contribution in [3.05, 3.63) is 93.0 Å². The number of nitro groups is 1. The highest BCUT2D eigenvalue weighted by Crippen LogP contribution is 2.27. The van der Waals surface area contributed by atoms with Crippen LogP contribution in [0.4, 0.5) is 11.4 Å². The quantitative estimate of drug-likeness (QED) is 0.268. The van der Waals surface area contributed by atoms with Crippen molar-refractivity contribution < 1.29 is 24.0 Å². The van der Waals surface area contributed by atoms with Gasteiger partial charge in [0.25, 0.3) is 11.6 Å². The first kappa shape index (κ1) is 21.5. The van der Waals surface area contributed by atoms with Crippen LogP contribution in [0.15, 0.2) is 60.7 Å². The van der Waals surface area contributed by atoms with Gasteiger partial charge in [-0.15, -0.1) is 0 Å². The Kier molecular flexibility index (Phi) is 6.30. The summed E-state index contributed by atoms with van der Waals surface area (Å²) >= 11 is 0. The highest BCUT2D eigenvalue weighted by atomic mass is 16.6. The highest BCUT2D eigenvalue weighted by molar-refractivity contribution is 6.08. The summed E-state index contributed by atoms with van der Waals surface area (Å²) in [5.41, 5.74) is 1.66. The Hall–Kier alpha value is -4.20. The number of amides is 1. The van der Waals surface area contributed by atoms with Crippen molar-refractivity contribution in [1.82, 2.24) is 0 Å². The summed E-state index contributed by atoms with van der Waals surface area (Å²) in [4.78, 5) is 36.1. The molecule has 0 fully saturated rings. The molecule has 0 atom stereocenters. The first-order chi connectivity index (χ1) is 14.8. The third kappa shape index (κ3) is 5.05. The number of hydrogen-bond donors (Lipinski definition) is 1. The maximum atomic E-state index is 12.8. The molecule has 0 aliphatic rings. The molecule has 1 N–H and O–H groups in total. The van der Waals surface area contributed by atoms with Crippen LogP contribution in [0, 0.1) is 24.0 Å². The lowest BCUT2D eigenvalue weighted by Crippen LogP contribution is -2.17. The zero-order valence-corrected chi connectivity index (χ0v) is 17.2. The molecule has 0 bridgehead atoms. The van der Waals surface area contributed by atoms with Gasteiger partial charge in [-0.3, -0.25) is 14.9 Å². The van der Waals surface area contributed by atoms with E-state index in [4.69, 9.17) is 9.47 Å². The lowest BCUT2D eigenvalue weighted by molar-refractivity contribution is -0.384. The number of ether oxygens (including phenoxy) is 2. The van der Waals surface area contributed by atoms with Gasteiger partial charge in [-0.1, -0.05) is 12.1 Å². The Balaban J connectivity index is 1.92. The third-order valence-corrected chi connectivity index (χ3v) is 4.58. The molecule has 0 heterocycles. The summed E-state index contributed by atoms with van der Waals surface area (Å²) in [6, 6.07) is 15.3. The number of nitro benzene ring substituents is 1. The summed E-state index contributed by atoms with van der Waals surface area (Å²) in [6.45, 7) is 3.66. The molecule has 0 aliphatic heterocycles. The van der Waals surface area contributed by atoms with Gasteiger partial charge >= 0.3 is 5.97 Å². The SMILES string of the molecule is COc1ccc(C(=O)Nc2cc([N+](=O)[O-])ccc2C(=O)Oc2cc(C)ccc2C)cc1. The second-order valence-corrected chi connectivity index (χ2v) is 6.83. The van der Waals surface area contributed by atoms with Crippen molar-refractivity contribution in [3.63, 3.8) is 0 Å². The molecule has 3 aromatic carbocycles. The number of rotatable bonds is 6. The van der Waals surface area contributed by atoms with E-state index in [9.17, 15) is 19.7 Å². The Morgan fingerprint density at radius 2 is 1.68 bits per heavy atom. The smallest absolute Gasteiger partial charge is 0.345 e. The number of aryl methyl sites for hydroxylation is 2. The average molecular weight is 420 g/mol. The van der Waals surface area contributed by atoms with Gasteiger partial charge in [-0.2, -0.15) is 0 Å². The minimum absolute atomic E-state index is 0.00614. The second-order valence-electron chi connectivity index (χ2n) is 6.83. The first-order valence-corrected chi connectivity index (χ1v) is 9.32. The fraction of sp³-hybridized carbons (Fsp3) is 0.130. The molecule has 0 unspecified atom stereocenters. The van der Waals surface area contributed by atoms with Crippen molar-refractivity contribution >= 4 is 23.3 Å². The number of anilines is 1. The average Bonchev–Trinajstić information content (AvgIpc) is 2.76. The van der Waals surface area contributed by atoms with E-state index in [-0.39, 0.29) is 16.9 Å². The largest absolute Gasteiger partial charge is 0.497 e. The monoisotopic (exact) mass is 420 g/mol. The molecule has 0 radical (unpaired) electrons. The topological polar surface area (TPSA) is 108 Å². The summed E-state index contributed by atoms with van der Waals surface area (Å²) in [5, 5.41) is 13.8. The van der Waals surface area contributed by atoms with Crippen LogP contribution in [-0.2, 0) is 0 Å². The van der Waals surface area contributed by atoms with Gasteiger partial charge in [0.2, 0.25) is 0 Å². The molecule has 31 heavy (non-hydrogen) atoms. The van der Waals surface area contributed by atoms with Crippen molar-refractivity contribution in [2.75, 3.05) is 12.4 Å². The predicted octanol–water partition coefficient (Wildman–Crippen LogP) is 4.69. The van der Waals surface area contributed by atoms with Crippen LogP contribution in [0.2, 0.25) is 0 Å². The van der Waals surface area contributed by atoms with E-state index < -0.39 is 16.8 Å². The molecule has 0 saturated heterocycles. The van der Waals surface area contributed by atoms with E-state index in [1.807, 2.05) is 19.1 Å². The van der Waals surface area contributed by atoms with E-state index in [0.29, 0.717) is 17.1 Å². The van der Waals surface area contributed by atoms with Crippen molar-refractivity contribution in [2.24, 2.45) is 0 Å². The molecule has 3 rings (SSSR count). The van der Waals surface area contributed by atoms with E-state index in [1.165, 1.54) is 19.2 Å². The minimum Gasteiger partial charge on any atom is -0.497 e. The Morgan fingerprint density at radius 3 is 2.32 bits per heavy atom. The Morgan fingerprint density at radius 1 is 0.968 bits per heavy atom. The molecule has 0 aliphatic carbocycles. The van der Waals surface area contributed by atoms with Crippen LogP contribution < -0.4 is 14.8 Å². The molecule has 0 aromatic heterocycles. The highest BCUT2D eigenvalue weighted by Gasteiger charge is 2.20. The number of esters is 1. The van der Waals surface area contributed by atoms with Crippen LogP contribution >= 0.6 is 0 Å². The van der Waals surface area contributed by atoms with Gasteiger partial charge < -0.3 is 14.8 Å². The summed E-state index contributed by atoms with van der Waals surface area (Å²) in [7, 11) is 1.51. The zero-order chi connectivity index (χ0) is 22.5. The van der Waals surface area contributed by atoms with E-state index in [0.717, 1.165) is 17.2 Å². The van der Waals surface area contributed by atoms with Crippen LogP contribution in [-0.4, -0.2) is 23.9 Å². The van der Waals surface area contributed by atoms with Gasteiger partial charge in [0.1, 0.15) is 11.5 Å². The fourth-order valence-electron chi connectivity index (χ4n) is 2.84. The number of hydrogen-bond acceptors (Lipinski definition) is 6. The molecule has 8 nitrogen and oxygen atoms in total. The third-order valence-electron chi connectivity index (χ3n) is 4.58. The number of benzene rings is 3.